The summed E-state index contributed by atoms with van der Waals surface area (Å²) in [5.74, 6) is -1.83. The summed E-state index contributed by atoms with van der Waals surface area (Å²) >= 11 is 0. The SMILES string of the molecule is CC/C=C/C=C/C=C/CCCCCCCCCC(=O)OC(COCCC(C(=O)[O-])[N+](C)(C)C)COC(=O)CCC/C=C/C/C=C/C/C=C/CCCCCCCC. The minimum Gasteiger partial charge on any atom is -0.544 e. The molecule has 8 heteroatoms. The molecule has 0 spiro atoms. The summed E-state index contributed by atoms with van der Waals surface area (Å²) in [6.07, 6.45) is 47.9. The van der Waals surface area contributed by atoms with E-state index in [0.29, 0.717) is 12.8 Å². The topological polar surface area (TPSA) is 102 Å². The first-order valence-electron chi connectivity index (χ1n) is 22.0. The van der Waals surface area contributed by atoms with Gasteiger partial charge in [0, 0.05) is 19.3 Å². The molecule has 0 aliphatic heterocycles. The second-order valence-corrected chi connectivity index (χ2v) is 15.6. The Labute approximate surface area is 342 Å². The predicted octanol–water partition coefficient (Wildman–Crippen LogP) is 10.6. The molecule has 2 unspecified atom stereocenters. The number of carboxylic acids is 1. The van der Waals surface area contributed by atoms with Crippen LogP contribution in [0.25, 0.3) is 0 Å². The Morgan fingerprint density at radius 3 is 1.68 bits per heavy atom. The van der Waals surface area contributed by atoms with Crippen molar-refractivity contribution in [1.82, 2.24) is 0 Å². The molecule has 0 saturated carbocycles. The quantitative estimate of drug-likeness (QED) is 0.0202. The highest BCUT2D eigenvalue weighted by atomic mass is 16.6. The van der Waals surface area contributed by atoms with Crippen molar-refractivity contribution in [2.45, 2.75) is 174 Å². The standard InChI is InChI=1S/C48H81NO7/c1-6-8-10-12-14-16-18-20-22-23-25-26-28-30-32-34-36-38-46(50)55-43-44(42-54-41-40-45(48(52)53)49(3,4)5)56-47(51)39-37-35-33-31-29-27-24-21-19-17-15-13-11-9-7-2/h9,11,13,15,17,19-20,22,25-26,30,32,44-45H,6-8,10,12,14,16,18,21,23-24,27-29,31,33-43H2,1-5H3/b11-9+,15-13+,19-17+,22-20+,26-25+,32-30+. The van der Waals surface area contributed by atoms with E-state index in [4.69, 9.17) is 14.2 Å². The monoisotopic (exact) mass is 784 g/mol. The lowest BCUT2D eigenvalue weighted by Crippen LogP contribution is -2.55. The minimum atomic E-state index is -1.14. The lowest BCUT2D eigenvalue weighted by Gasteiger charge is -2.34. The Morgan fingerprint density at radius 1 is 0.571 bits per heavy atom. The first-order chi connectivity index (χ1) is 27.1. The van der Waals surface area contributed by atoms with Gasteiger partial charge in [-0.1, -0.05) is 151 Å². The van der Waals surface area contributed by atoms with Crippen LogP contribution in [0.1, 0.15) is 162 Å². The number of carboxylic acid groups (broad SMARTS) is 1. The number of quaternary nitrogens is 1. The molecule has 0 aromatic rings. The fraction of sp³-hybridized carbons (Fsp3) is 0.688. The van der Waals surface area contributed by atoms with Gasteiger partial charge >= 0.3 is 11.9 Å². The number of allylic oxidation sites excluding steroid dienone is 12. The van der Waals surface area contributed by atoms with Crippen molar-refractivity contribution in [2.24, 2.45) is 0 Å². The highest BCUT2D eigenvalue weighted by Crippen LogP contribution is 2.13. The Morgan fingerprint density at radius 2 is 1.09 bits per heavy atom. The second-order valence-electron chi connectivity index (χ2n) is 15.6. The largest absolute Gasteiger partial charge is 0.544 e. The molecule has 0 heterocycles. The third-order valence-electron chi connectivity index (χ3n) is 9.39. The van der Waals surface area contributed by atoms with Crippen LogP contribution in [-0.2, 0) is 28.6 Å². The van der Waals surface area contributed by atoms with Crippen LogP contribution in [0.4, 0.5) is 0 Å². The van der Waals surface area contributed by atoms with Gasteiger partial charge in [0.2, 0.25) is 0 Å². The number of carbonyl (C=O) groups excluding carboxylic acids is 3. The molecule has 0 aliphatic carbocycles. The van der Waals surface area contributed by atoms with E-state index in [-0.39, 0.29) is 49.1 Å². The van der Waals surface area contributed by atoms with E-state index in [0.717, 1.165) is 57.8 Å². The smallest absolute Gasteiger partial charge is 0.306 e. The van der Waals surface area contributed by atoms with E-state index >= 15 is 0 Å². The summed E-state index contributed by atoms with van der Waals surface area (Å²) in [6.45, 7) is 4.44. The maximum Gasteiger partial charge on any atom is 0.306 e. The number of ether oxygens (including phenoxy) is 3. The molecule has 0 bridgehead atoms. The molecule has 0 N–H and O–H groups in total. The summed E-state index contributed by atoms with van der Waals surface area (Å²) in [6, 6.07) is -0.738. The second kappa shape index (κ2) is 38.6. The third kappa shape index (κ3) is 36.4. The number of esters is 2. The molecule has 0 fully saturated rings. The fourth-order valence-corrected chi connectivity index (χ4v) is 5.97. The number of rotatable bonds is 38. The van der Waals surface area contributed by atoms with Crippen LogP contribution in [0, 0.1) is 0 Å². The number of likely N-dealkylation sites (N-methyl/N-ethyl adjacent to an activating group) is 1. The minimum absolute atomic E-state index is 0.0164. The van der Waals surface area contributed by atoms with Gasteiger partial charge in [-0.15, -0.1) is 0 Å². The van der Waals surface area contributed by atoms with Crippen molar-refractivity contribution in [3.05, 3.63) is 72.9 Å². The van der Waals surface area contributed by atoms with Crippen molar-refractivity contribution in [1.29, 1.82) is 0 Å². The number of carbonyl (C=O) groups is 3. The van der Waals surface area contributed by atoms with Gasteiger partial charge in [-0.3, -0.25) is 9.59 Å². The lowest BCUT2D eigenvalue weighted by atomic mass is 10.1. The summed E-state index contributed by atoms with van der Waals surface area (Å²) in [5.41, 5.74) is 0. The maximum absolute atomic E-state index is 12.7. The van der Waals surface area contributed by atoms with E-state index in [1.54, 1.807) is 21.1 Å². The molecule has 0 radical (unpaired) electrons. The molecular formula is C48H81NO7. The van der Waals surface area contributed by atoms with Gasteiger partial charge in [-0.2, -0.15) is 0 Å². The maximum atomic E-state index is 12.7. The van der Waals surface area contributed by atoms with Gasteiger partial charge in [0.25, 0.3) is 0 Å². The molecule has 0 saturated heterocycles. The van der Waals surface area contributed by atoms with E-state index in [2.05, 4.69) is 86.8 Å². The molecule has 2 atom stereocenters. The Hall–Kier alpha value is -3.23. The number of aliphatic carboxylic acids is 1. The van der Waals surface area contributed by atoms with Gasteiger partial charge < -0.3 is 28.6 Å². The third-order valence-corrected chi connectivity index (χ3v) is 9.39. The fourth-order valence-electron chi connectivity index (χ4n) is 5.97. The molecule has 0 aromatic carbocycles. The van der Waals surface area contributed by atoms with Gasteiger partial charge in [-0.05, 0) is 64.2 Å². The molecule has 0 amide bonds. The first kappa shape index (κ1) is 52.8. The van der Waals surface area contributed by atoms with Crippen LogP contribution >= 0.6 is 0 Å². The van der Waals surface area contributed by atoms with Crippen molar-refractivity contribution < 1.29 is 38.2 Å². The summed E-state index contributed by atoms with van der Waals surface area (Å²) in [5, 5.41) is 11.6. The van der Waals surface area contributed by atoms with Crippen LogP contribution in [0.5, 0.6) is 0 Å². The summed E-state index contributed by atoms with van der Waals surface area (Å²) in [4.78, 5) is 36.8. The molecular weight excluding hydrogens is 703 g/mol. The van der Waals surface area contributed by atoms with Crippen LogP contribution < -0.4 is 5.11 Å². The van der Waals surface area contributed by atoms with E-state index in [9.17, 15) is 19.5 Å². The van der Waals surface area contributed by atoms with E-state index < -0.39 is 18.1 Å². The molecule has 56 heavy (non-hydrogen) atoms. The van der Waals surface area contributed by atoms with E-state index in [1.807, 2.05) is 0 Å². The number of nitrogens with zero attached hydrogens (tertiary/aromatic N) is 1. The molecule has 0 aliphatic rings. The summed E-state index contributed by atoms with van der Waals surface area (Å²) < 4.78 is 17.1. The first-order valence-corrected chi connectivity index (χ1v) is 22.0. The zero-order valence-electron chi connectivity index (χ0n) is 36.3. The average Bonchev–Trinajstić information content (AvgIpc) is 3.15. The number of hydrogen-bond donors (Lipinski definition) is 0. The van der Waals surface area contributed by atoms with Gasteiger partial charge in [0.15, 0.2) is 6.10 Å². The average molecular weight is 784 g/mol. The Bertz CT molecular complexity index is 1140. The highest BCUT2D eigenvalue weighted by molar-refractivity contribution is 5.70. The lowest BCUT2D eigenvalue weighted by molar-refractivity contribution is -0.889. The van der Waals surface area contributed by atoms with Crippen LogP contribution in [0.3, 0.4) is 0 Å². The molecule has 0 aromatic heterocycles. The Balaban J connectivity index is 4.46. The van der Waals surface area contributed by atoms with Crippen molar-refractivity contribution >= 4 is 17.9 Å². The highest BCUT2D eigenvalue weighted by Gasteiger charge is 2.25. The summed E-state index contributed by atoms with van der Waals surface area (Å²) in [7, 11) is 5.38. The van der Waals surface area contributed by atoms with Gasteiger partial charge in [0.1, 0.15) is 12.6 Å². The van der Waals surface area contributed by atoms with Crippen LogP contribution in [-0.4, -0.2) is 75.5 Å². The van der Waals surface area contributed by atoms with Crippen molar-refractivity contribution in [3.63, 3.8) is 0 Å². The zero-order valence-corrected chi connectivity index (χ0v) is 36.3. The van der Waals surface area contributed by atoms with Crippen LogP contribution in [0.15, 0.2) is 72.9 Å². The molecule has 320 valence electrons. The molecule has 8 nitrogen and oxygen atoms in total. The molecule has 0 rings (SSSR count). The van der Waals surface area contributed by atoms with Gasteiger partial charge in [-0.25, -0.2) is 0 Å². The predicted molar refractivity (Wildman–Crippen MR) is 231 cm³/mol. The Kier molecular flexibility index (Phi) is 36.4. The normalized spacial score (nSPS) is 13.7. The van der Waals surface area contributed by atoms with Crippen molar-refractivity contribution in [2.75, 3.05) is 41.0 Å². The van der Waals surface area contributed by atoms with Gasteiger partial charge in [0.05, 0.1) is 40.3 Å². The number of unbranched alkanes of at least 4 members (excludes halogenated alkanes) is 14. The zero-order chi connectivity index (χ0) is 41.4. The van der Waals surface area contributed by atoms with Crippen LogP contribution in [0.2, 0.25) is 0 Å². The number of hydrogen-bond acceptors (Lipinski definition) is 7. The van der Waals surface area contributed by atoms with Crippen molar-refractivity contribution in [3.8, 4) is 0 Å². The van der Waals surface area contributed by atoms with E-state index in [1.165, 1.54) is 64.2 Å².